The molecule has 0 aliphatic carbocycles. The molecular weight excluding hydrogens is 711 g/mol. The molecular formula is C44H51N5O7. The lowest BCUT2D eigenvalue weighted by atomic mass is 9.84. The smallest absolute Gasteiger partial charge is 0.328 e. The van der Waals surface area contributed by atoms with Crippen molar-refractivity contribution in [1.82, 2.24) is 20.9 Å². The van der Waals surface area contributed by atoms with E-state index >= 15 is 0 Å². The number of aliphatic hydroxyl groups is 1. The average molecular weight is 762 g/mol. The van der Waals surface area contributed by atoms with Crippen LogP contribution in [0.4, 0.5) is 10.5 Å². The number of hydrogen-bond donors (Lipinski definition) is 4. The highest BCUT2D eigenvalue weighted by molar-refractivity contribution is 5.93. The molecule has 0 saturated carbocycles. The summed E-state index contributed by atoms with van der Waals surface area (Å²) in [7, 11) is 1.30. The van der Waals surface area contributed by atoms with E-state index in [-0.39, 0.29) is 37.2 Å². The van der Waals surface area contributed by atoms with Crippen molar-refractivity contribution in [1.29, 1.82) is 0 Å². The molecule has 7 rings (SSSR count). The first kappa shape index (κ1) is 39.0. The molecule has 3 aliphatic heterocycles. The monoisotopic (exact) mass is 761 g/mol. The van der Waals surface area contributed by atoms with Gasteiger partial charge in [-0.3, -0.25) is 4.79 Å². The zero-order valence-corrected chi connectivity index (χ0v) is 31.9. The average Bonchev–Trinajstić information content (AvgIpc) is 3.56. The van der Waals surface area contributed by atoms with Crippen LogP contribution in [0.5, 0.6) is 0 Å². The first-order chi connectivity index (χ1) is 27.3. The molecule has 5 atom stereocenters. The number of hydrogen-bond acceptors (Lipinski definition) is 9. The lowest BCUT2D eigenvalue weighted by Gasteiger charge is -2.46. The van der Waals surface area contributed by atoms with Crippen LogP contribution in [-0.2, 0) is 43.4 Å². The van der Waals surface area contributed by atoms with Gasteiger partial charge in [0.15, 0.2) is 6.29 Å². The third kappa shape index (κ3) is 8.74. The number of urea groups is 1. The molecule has 0 unspecified atom stereocenters. The molecule has 3 amide bonds. The molecule has 1 spiro atoms. The molecule has 0 aromatic heterocycles. The second-order valence-electron chi connectivity index (χ2n) is 14.9. The van der Waals surface area contributed by atoms with E-state index in [0.717, 1.165) is 46.6 Å². The number of rotatable bonds is 12. The van der Waals surface area contributed by atoms with E-state index in [0.29, 0.717) is 32.5 Å². The van der Waals surface area contributed by atoms with Gasteiger partial charge in [-0.2, -0.15) is 0 Å². The molecule has 3 fully saturated rings. The second-order valence-corrected chi connectivity index (χ2v) is 14.9. The highest BCUT2D eigenvalue weighted by atomic mass is 16.7. The van der Waals surface area contributed by atoms with Crippen molar-refractivity contribution < 1.29 is 33.7 Å². The van der Waals surface area contributed by atoms with E-state index in [1.165, 1.54) is 7.11 Å². The van der Waals surface area contributed by atoms with E-state index in [1.807, 2.05) is 97.1 Å². The number of nitrogens with zero attached hydrogens (tertiary/aromatic N) is 2. The Labute approximate surface area is 328 Å². The van der Waals surface area contributed by atoms with Crippen LogP contribution in [0.2, 0.25) is 0 Å². The summed E-state index contributed by atoms with van der Waals surface area (Å²) in [6.07, 6.45) is 0.659. The van der Waals surface area contributed by atoms with Crippen LogP contribution >= 0.6 is 0 Å². The normalized spacial score (nSPS) is 22.6. The molecule has 3 aliphatic rings. The summed E-state index contributed by atoms with van der Waals surface area (Å²) in [4.78, 5) is 43.2. The van der Waals surface area contributed by atoms with Gasteiger partial charge in [0.05, 0.1) is 32.6 Å². The molecule has 56 heavy (non-hydrogen) atoms. The fraction of sp³-hybridized carbons (Fsp3) is 0.386. The number of carbonyl (C=O) groups excluding carboxylic acids is 3. The van der Waals surface area contributed by atoms with Crippen LogP contribution in [0, 0.1) is 5.92 Å². The Morgan fingerprint density at radius 2 is 1.52 bits per heavy atom. The third-order valence-corrected chi connectivity index (χ3v) is 11.4. The first-order valence-corrected chi connectivity index (χ1v) is 19.4. The van der Waals surface area contributed by atoms with Gasteiger partial charge >= 0.3 is 12.0 Å². The lowest BCUT2D eigenvalue weighted by molar-refractivity contribution is -0.276. The minimum Gasteiger partial charge on any atom is -0.467 e. The summed E-state index contributed by atoms with van der Waals surface area (Å²) in [5.74, 6) is -0.414. The number of nitrogens with one attached hydrogen (secondary N) is 3. The van der Waals surface area contributed by atoms with Gasteiger partial charge in [-0.05, 0) is 47.2 Å². The van der Waals surface area contributed by atoms with Gasteiger partial charge in [-0.1, -0.05) is 104 Å². The number of carbonyl (C=O) groups is 3. The van der Waals surface area contributed by atoms with E-state index < -0.39 is 29.9 Å². The van der Waals surface area contributed by atoms with Crippen molar-refractivity contribution >= 4 is 23.6 Å². The van der Waals surface area contributed by atoms with Crippen LogP contribution in [0.3, 0.4) is 0 Å². The fourth-order valence-corrected chi connectivity index (χ4v) is 8.09. The molecule has 0 radical (unpaired) electrons. The van der Waals surface area contributed by atoms with E-state index in [2.05, 4.69) is 44.8 Å². The van der Waals surface area contributed by atoms with Gasteiger partial charge in [-0.15, -0.1) is 0 Å². The quantitative estimate of drug-likeness (QED) is 0.147. The molecule has 4 aromatic carbocycles. The van der Waals surface area contributed by atoms with Gasteiger partial charge in [0.1, 0.15) is 11.6 Å². The van der Waals surface area contributed by atoms with Gasteiger partial charge in [0, 0.05) is 49.8 Å². The number of ether oxygens (including phenoxy) is 3. The van der Waals surface area contributed by atoms with Crippen LogP contribution < -0.4 is 20.9 Å². The third-order valence-electron chi connectivity index (χ3n) is 11.4. The second kappa shape index (κ2) is 17.7. The van der Waals surface area contributed by atoms with Gasteiger partial charge < -0.3 is 45.1 Å². The molecule has 4 aromatic rings. The van der Waals surface area contributed by atoms with E-state index in [9.17, 15) is 19.5 Å². The molecule has 12 nitrogen and oxygen atoms in total. The summed E-state index contributed by atoms with van der Waals surface area (Å²) >= 11 is 0. The van der Waals surface area contributed by atoms with Gasteiger partial charge in [0.25, 0.3) is 0 Å². The Morgan fingerprint density at radius 3 is 2.18 bits per heavy atom. The number of piperidine rings is 1. The van der Waals surface area contributed by atoms with Crippen LogP contribution in [-0.4, -0.2) is 79.0 Å². The number of esters is 1. The Hall–Kier alpha value is -5.27. The summed E-state index contributed by atoms with van der Waals surface area (Å²) < 4.78 is 18.4. The van der Waals surface area contributed by atoms with Crippen LogP contribution in [0.25, 0.3) is 0 Å². The predicted molar refractivity (Wildman–Crippen MR) is 211 cm³/mol. The molecule has 4 N–H and O–H groups in total. The number of para-hydroxylation sites is 1. The molecule has 0 bridgehead atoms. The summed E-state index contributed by atoms with van der Waals surface area (Å²) in [6, 6.07) is 33.9. The highest BCUT2D eigenvalue weighted by Crippen LogP contribution is 2.43. The maximum atomic E-state index is 13.3. The summed E-state index contributed by atoms with van der Waals surface area (Å²) in [5.41, 5.74) is 4.94. The Bertz CT molecular complexity index is 1920. The topological polar surface area (TPSA) is 142 Å². The van der Waals surface area contributed by atoms with Crippen LogP contribution in [0.1, 0.15) is 60.0 Å². The van der Waals surface area contributed by atoms with Crippen LogP contribution in [0.15, 0.2) is 109 Å². The fourth-order valence-electron chi connectivity index (χ4n) is 8.09. The number of methoxy groups -OCH3 is 1. The largest absolute Gasteiger partial charge is 0.467 e. The first-order valence-electron chi connectivity index (χ1n) is 19.4. The Morgan fingerprint density at radius 1 is 0.875 bits per heavy atom. The molecule has 294 valence electrons. The standard InChI is InChI=1S/C44H51N5O7/c1-30-38(27-48-23-21-44(22-24-48)42(52)46-29-49(44)36-11-7-4-8-12-36)55-41(56-39(30)34-17-15-33(28-50)16-18-34)35-19-13-32(14-20-35)26-45-43(53)47-37(40(51)54-2)25-31-9-5-3-6-10-31/h3-20,30,37-39,41,50H,21-29H2,1-2H3,(H,46,52)(H2,45,47,53)/t30-,37+,38+,39+,41+/m1/s1. The highest BCUT2D eigenvalue weighted by Gasteiger charge is 2.51. The number of aliphatic hydroxyl groups excluding tert-OH is 1. The van der Waals surface area contributed by atoms with E-state index in [1.54, 1.807) is 0 Å². The summed E-state index contributed by atoms with van der Waals surface area (Å²) in [5, 5.41) is 18.4. The number of anilines is 1. The number of amides is 3. The number of benzene rings is 4. The van der Waals surface area contributed by atoms with Crippen molar-refractivity contribution in [3.63, 3.8) is 0 Å². The SMILES string of the molecule is COC(=O)[C@H](Cc1ccccc1)NC(=O)NCc1ccc([C@H]2O[C@@H](CN3CCC4(CC3)C(=O)NCN4c3ccccc3)[C@@H](C)[C@@H](c3ccc(CO)cc3)O2)cc1. The molecule has 3 heterocycles. The van der Waals surface area contributed by atoms with Gasteiger partial charge in [-0.25, -0.2) is 9.59 Å². The Kier molecular flexibility index (Phi) is 12.3. The van der Waals surface area contributed by atoms with Gasteiger partial charge in [0.2, 0.25) is 5.91 Å². The predicted octanol–water partition coefficient (Wildman–Crippen LogP) is 4.98. The molecule has 3 saturated heterocycles. The zero-order valence-electron chi connectivity index (χ0n) is 31.9. The molecule has 12 heteroatoms. The lowest BCUT2D eigenvalue weighted by Crippen LogP contribution is -2.57. The van der Waals surface area contributed by atoms with Crippen molar-refractivity contribution in [2.45, 2.75) is 69.4 Å². The van der Waals surface area contributed by atoms with Crippen molar-refractivity contribution in [2.75, 3.05) is 38.3 Å². The summed E-state index contributed by atoms with van der Waals surface area (Å²) in [6.45, 7) is 5.07. The zero-order chi connectivity index (χ0) is 39.1. The van der Waals surface area contributed by atoms with Crippen molar-refractivity contribution in [2.24, 2.45) is 5.92 Å². The number of likely N-dealkylation sites (tertiary alicyclic amines) is 1. The maximum Gasteiger partial charge on any atom is 0.328 e. The van der Waals surface area contributed by atoms with E-state index in [4.69, 9.17) is 14.2 Å². The minimum absolute atomic E-state index is 0.00963. The minimum atomic E-state index is -0.828. The Balaban J connectivity index is 1.01. The van der Waals surface area contributed by atoms with Crippen molar-refractivity contribution in [3.05, 3.63) is 137 Å². The van der Waals surface area contributed by atoms with Crippen molar-refractivity contribution in [3.8, 4) is 0 Å². The maximum absolute atomic E-state index is 13.3.